The number of rotatable bonds is 7. The summed E-state index contributed by atoms with van der Waals surface area (Å²) in [4.78, 5) is 84.2. The molecule has 13 nitrogen and oxygen atoms in total. The second-order valence-electron chi connectivity index (χ2n) is 16.2. The topological polar surface area (TPSA) is 163 Å². The molecule has 2 fully saturated rings. The van der Waals surface area contributed by atoms with Gasteiger partial charge in [0.15, 0.2) is 5.78 Å². The average molecular weight is 774 g/mol. The number of hydrogen-bond acceptors (Lipinski definition) is 8. The number of amides is 5. The van der Waals surface area contributed by atoms with Crippen molar-refractivity contribution in [2.24, 2.45) is 5.92 Å². The zero-order chi connectivity index (χ0) is 40.2. The molecule has 0 spiro atoms. The summed E-state index contributed by atoms with van der Waals surface area (Å²) in [7, 11) is 0. The van der Waals surface area contributed by atoms with Gasteiger partial charge in [-0.05, 0) is 69.7 Å². The van der Waals surface area contributed by atoms with Crippen LogP contribution in [0.25, 0.3) is 0 Å². The molecule has 1 aliphatic carbocycles. The molecule has 6 rings (SSSR count). The van der Waals surface area contributed by atoms with Crippen molar-refractivity contribution in [3.8, 4) is 0 Å². The standard InChI is InChI=1S/C42H52FN5O8/c1-5-35(49)27-14-11-13-26(19-27)22-44-38(52)42-21-29(42)16-9-7-6-8-10-18-33(45-39(53)56-41(2,3)4)37(51)48-24-30(20-34(48)36(50)46-42)55-40(54)47-23-28-15-12-17-32(43)31(28)25-47/h9,11-17,19,29-30,33-34H,5-8,10,18,20-25H2,1-4H3,(H,44,52)(H,45,53)(H,46,50)/b16-9-/t29-,30-,33+,34+,42-/m1/s1. The number of allylic oxidation sites excluding steroid dienone is 1. The minimum absolute atomic E-state index is 0.0131. The third kappa shape index (κ3) is 9.39. The van der Waals surface area contributed by atoms with Crippen LogP contribution in [0.2, 0.25) is 0 Å². The van der Waals surface area contributed by atoms with Crippen LogP contribution in [0.4, 0.5) is 14.0 Å². The van der Waals surface area contributed by atoms with Crippen LogP contribution in [0.15, 0.2) is 54.6 Å². The first kappa shape index (κ1) is 40.4. The maximum Gasteiger partial charge on any atom is 0.410 e. The monoisotopic (exact) mass is 773 g/mol. The number of ether oxygens (including phenoxy) is 2. The Hall–Kier alpha value is -5.27. The highest BCUT2D eigenvalue weighted by Gasteiger charge is 2.61. The molecule has 0 unspecified atom stereocenters. The van der Waals surface area contributed by atoms with Gasteiger partial charge in [-0.25, -0.2) is 14.0 Å². The number of halogens is 1. The summed E-state index contributed by atoms with van der Waals surface area (Å²) in [5.74, 6) is -2.27. The van der Waals surface area contributed by atoms with Crippen LogP contribution in [0.3, 0.4) is 0 Å². The van der Waals surface area contributed by atoms with E-state index in [1.807, 2.05) is 18.2 Å². The first-order valence-electron chi connectivity index (χ1n) is 19.6. The maximum absolute atomic E-state index is 14.5. The van der Waals surface area contributed by atoms with Gasteiger partial charge in [0.1, 0.15) is 35.1 Å². The van der Waals surface area contributed by atoms with E-state index in [0.29, 0.717) is 36.0 Å². The Balaban J connectivity index is 1.23. The molecule has 0 bridgehead atoms. The number of ketones is 1. The van der Waals surface area contributed by atoms with Crippen LogP contribution in [-0.4, -0.2) is 81.4 Å². The van der Waals surface area contributed by atoms with Gasteiger partial charge in [0.25, 0.3) is 0 Å². The van der Waals surface area contributed by atoms with Gasteiger partial charge in [-0.3, -0.25) is 24.1 Å². The lowest BCUT2D eigenvalue weighted by atomic mass is 10.0. The fraction of sp³-hybridized carbons (Fsp3) is 0.524. The molecule has 3 aliphatic heterocycles. The van der Waals surface area contributed by atoms with Crippen molar-refractivity contribution in [1.29, 1.82) is 0 Å². The Kier molecular flexibility index (Phi) is 12.2. The molecule has 0 aromatic heterocycles. The Bertz CT molecular complexity index is 1890. The molecule has 4 aliphatic rings. The number of alkyl carbamates (subject to hydrolysis) is 1. The van der Waals surface area contributed by atoms with Crippen molar-refractivity contribution in [2.75, 3.05) is 6.54 Å². The molecule has 1 saturated carbocycles. The molecule has 300 valence electrons. The van der Waals surface area contributed by atoms with Gasteiger partial charge in [0.05, 0.1) is 13.1 Å². The predicted molar refractivity (Wildman–Crippen MR) is 203 cm³/mol. The largest absolute Gasteiger partial charge is 0.444 e. The fourth-order valence-electron chi connectivity index (χ4n) is 7.74. The van der Waals surface area contributed by atoms with Crippen molar-refractivity contribution in [2.45, 2.75) is 128 Å². The molecule has 2 aromatic carbocycles. The second-order valence-corrected chi connectivity index (χ2v) is 16.2. The summed E-state index contributed by atoms with van der Waals surface area (Å²) < 4.78 is 25.8. The number of carbonyl (C=O) groups excluding carboxylic acids is 6. The van der Waals surface area contributed by atoms with E-state index in [9.17, 15) is 33.2 Å². The van der Waals surface area contributed by atoms with E-state index in [0.717, 1.165) is 24.8 Å². The van der Waals surface area contributed by atoms with Gasteiger partial charge < -0.3 is 30.3 Å². The molecule has 14 heteroatoms. The number of hydrogen-bond donors (Lipinski definition) is 3. The van der Waals surface area contributed by atoms with Crippen molar-refractivity contribution >= 4 is 35.7 Å². The van der Waals surface area contributed by atoms with Crippen molar-refractivity contribution in [1.82, 2.24) is 25.8 Å². The van der Waals surface area contributed by atoms with E-state index in [1.165, 1.54) is 15.9 Å². The normalized spacial score (nSPS) is 25.7. The van der Waals surface area contributed by atoms with Crippen LogP contribution in [-0.2, 0) is 43.5 Å². The van der Waals surface area contributed by atoms with Crippen LogP contribution in [0.5, 0.6) is 0 Å². The number of fused-ring (bicyclic) bond motifs is 3. The fourth-order valence-corrected chi connectivity index (χ4v) is 7.74. The highest BCUT2D eigenvalue weighted by atomic mass is 19.1. The zero-order valence-corrected chi connectivity index (χ0v) is 32.5. The Labute approximate surface area is 326 Å². The highest BCUT2D eigenvalue weighted by Crippen LogP contribution is 2.45. The SMILES string of the molecule is CCC(=O)c1cccc(CNC(=O)[C@@]23C[C@H]2/C=C\CCCCC[C@H](NC(=O)OC(C)(C)C)C(=O)N2C[C@H](OC(=O)N4Cc5cccc(F)c5C4)C[C@H]2C(=O)N3)c1. The van der Waals surface area contributed by atoms with Gasteiger partial charge in [-0.15, -0.1) is 0 Å². The molecule has 3 N–H and O–H groups in total. The van der Waals surface area contributed by atoms with E-state index < -0.39 is 65.1 Å². The Morgan fingerprint density at radius 2 is 1.82 bits per heavy atom. The maximum atomic E-state index is 14.5. The lowest BCUT2D eigenvalue weighted by Gasteiger charge is -2.30. The lowest BCUT2D eigenvalue weighted by molar-refractivity contribution is -0.141. The van der Waals surface area contributed by atoms with Gasteiger partial charge in [0.2, 0.25) is 17.7 Å². The van der Waals surface area contributed by atoms with Crippen LogP contribution in [0, 0.1) is 11.7 Å². The minimum Gasteiger partial charge on any atom is -0.444 e. The third-order valence-electron chi connectivity index (χ3n) is 10.8. The summed E-state index contributed by atoms with van der Waals surface area (Å²) in [6, 6.07) is 9.53. The summed E-state index contributed by atoms with van der Waals surface area (Å²) in [5.41, 5.74) is 0.244. The zero-order valence-electron chi connectivity index (χ0n) is 32.5. The predicted octanol–water partition coefficient (Wildman–Crippen LogP) is 5.45. The van der Waals surface area contributed by atoms with Crippen LogP contribution in [0.1, 0.15) is 106 Å². The smallest absolute Gasteiger partial charge is 0.410 e. The molecule has 5 amide bonds. The van der Waals surface area contributed by atoms with E-state index in [-0.39, 0.29) is 50.7 Å². The van der Waals surface area contributed by atoms with Gasteiger partial charge in [0, 0.05) is 43.0 Å². The van der Waals surface area contributed by atoms with Gasteiger partial charge >= 0.3 is 12.2 Å². The molecule has 1 saturated heterocycles. The molecule has 2 aromatic rings. The van der Waals surface area contributed by atoms with Crippen molar-refractivity contribution in [3.63, 3.8) is 0 Å². The quantitative estimate of drug-likeness (QED) is 0.247. The summed E-state index contributed by atoms with van der Waals surface area (Å²) >= 11 is 0. The molecule has 0 radical (unpaired) electrons. The van der Waals surface area contributed by atoms with Crippen LogP contribution < -0.4 is 16.0 Å². The first-order chi connectivity index (χ1) is 26.7. The first-order valence-corrected chi connectivity index (χ1v) is 19.6. The van der Waals surface area contributed by atoms with E-state index in [4.69, 9.17) is 9.47 Å². The third-order valence-corrected chi connectivity index (χ3v) is 10.8. The van der Waals surface area contributed by atoms with Crippen molar-refractivity contribution in [3.05, 3.63) is 82.7 Å². The average Bonchev–Trinajstić information content (AvgIpc) is 3.44. The molecular weight excluding hydrogens is 721 g/mol. The van der Waals surface area contributed by atoms with Gasteiger partial charge in [-0.1, -0.05) is 62.2 Å². The summed E-state index contributed by atoms with van der Waals surface area (Å²) in [5, 5.41) is 8.65. The number of carbonyl (C=O) groups is 6. The van der Waals surface area contributed by atoms with E-state index in [2.05, 4.69) is 16.0 Å². The Morgan fingerprint density at radius 1 is 1.04 bits per heavy atom. The van der Waals surface area contributed by atoms with Gasteiger partial charge in [-0.2, -0.15) is 0 Å². The summed E-state index contributed by atoms with van der Waals surface area (Å²) in [6.07, 6.45) is 5.39. The van der Waals surface area contributed by atoms with E-state index >= 15 is 0 Å². The number of benzene rings is 2. The number of nitrogens with one attached hydrogen (secondary N) is 3. The highest BCUT2D eigenvalue weighted by molar-refractivity contribution is 5.99. The van der Waals surface area contributed by atoms with Crippen LogP contribution >= 0.6 is 0 Å². The molecule has 56 heavy (non-hydrogen) atoms. The lowest BCUT2D eigenvalue weighted by Crippen LogP contribution is -2.57. The number of Topliss-reactive ketones (excluding diaryl/α,β-unsaturated/α-hetero) is 1. The molecule has 5 atom stereocenters. The second kappa shape index (κ2) is 16.8. The summed E-state index contributed by atoms with van der Waals surface area (Å²) in [6.45, 7) is 7.10. The molecule has 3 heterocycles. The number of nitrogens with zero attached hydrogens (tertiary/aromatic N) is 2. The Morgan fingerprint density at radius 3 is 2.57 bits per heavy atom. The minimum atomic E-state index is -1.30. The molecular formula is C42H52FN5O8. The van der Waals surface area contributed by atoms with E-state index in [1.54, 1.807) is 58.0 Å². The van der Waals surface area contributed by atoms with Crippen molar-refractivity contribution < 1.29 is 42.6 Å².